The summed E-state index contributed by atoms with van der Waals surface area (Å²) in [6.07, 6.45) is -0.00217. The lowest BCUT2D eigenvalue weighted by molar-refractivity contribution is -0.137. The van der Waals surface area contributed by atoms with E-state index in [2.05, 4.69) is 39.8 Å². The first-order valence-electron chi connectivity index (χ1n) is 14.0. The molecule has 2 unspecified atom stereocenters. The van der Waals surface area contributed by atoms with Crippen molar-refractivity contribution in [3.63, 3.8) is 0 Å². The molecule has 1 saturated carbocycles. The fraction of sp³-hybridized carbons (Fsp3) is 0.533. The minimum absolute atomic E-state index is 0.150. The van der Waals surface area contributed by atoms with Crippen LogP contribution >= 0.6 is 0 Å². The van der Waals surface area contributed by atoms with Gasteiger partial charge in [0.15, 0.2) is 0 Å². The van der Waals surface area contributed by atoms with E-state index in [0.29, 0.717) is 32.3 Å². The molecule has 2 N–H and O–H groups in total. The number of carbonyl (C=O) groups excluding carboxylic acids is 2. The van der Waals surface area contributed by atoms with Crippen molar-refractivity contribution in [1.82, 2.24) is 15.5 Å². The van der Waals surface area contributed by atoms with Gasteiger partial charge in [-0.3, -0.25) is 14.5 Å². The Morgan fingerprint density at radius 1 is 1.10 bits per heavy atom. The molecule has 10 heteroatoms. The number of rotatable bonds is 8. The van der Waals surface area contributed by atoms with E-state index in [1.807, 2.05) is 6.92 Å². The van der Waals surface area contributed by atoms with Gasteiger partial charge in [-0.05, 0) is 61.4 Å². The Hall–Kier alpha value is -2.95. The van der Waals surface area contributed by atoms with Crippen LogP contribution < -0.4 is 10.6 Å². The third-order valence-electron chi connectivity index (χ3n) is 8.33. The van der Waals surface area contributed by atoms with Crippen molar-refractivity contribution in [1.29, 1.82) is 0 Å². The summed E-state index contributed by atoms with van der Waals surface area (Å²) in [6, 6.07) is 12.7. The van der Waals surface area contributed by atoms with Crippen molar-refractivity contribution in [2.75, 3.05) is 26.2 Å². The van der Waals surface area contributed by atoms with E-state index in [9.17, 15) is 22.8 Å². The first-order chi connectivity index (χ1) is 19.2. The first kappa shape index (κ1) is 28.6. The molecule has 0 bridgehead atoms. The van der Waals surface area contributed by atoms with Crippen molar-refractivity contribution >= 4 is 11.8 Å². The lowest BCUT2D eigenvalue weighted by Crippen LogP contribution is -2.48. The van der Waals surface area contributed by atoms with Crippen molar-refractivity contribution < 1.29 is 32.2 Å². The Morgan fingerprint density at radius 3 is 2.62 bits per heavy atom. The maximum Gasteiger partial charge on any atom is 0.416 e. The van der Waals surface area contributed by atoms with Crippen LogP contribution in [0.25, 0.3) is 0 Å². The summed E-state index contributed by atoms with van der Waals surface area (Å²) in [5.74, 6) is -1.14. The number of ether oxygens (including phenoxy) is 2. The molecular formula is C30H36F3N3O4. The Bertz CT molecular complexity index is 1210. The molecule has 0 aromatic heterocycles. The predicted octanol–water partition coefficient (Wildman–Crippen LogP) is 4.40. The molecule has 1 spiro atoms. The lowest BCUT2D eigenvalue weighted by atomic mass is 9.77. The summed E-state index contributed by atoms with van der Waals surface area (Å²) in [6.45, 7) is 4.28. The number of benzene rings is 2. The number of hydrogen-bond donors (Lipinski definition) is 2. The van der Waals surface area contributed by atoms with Gasteiger partial charge in [0.05, 0.1) is 36.5 Å². The average molecular weight is 560 g/mol. The smallest absolute Gasteiger partial charge is 0.375 e. The van der Waals surface area contributed by atoms with Crippen molar-refractivity contribution in [2.45, 2.75) is 75.6 Å². The molecule has 7 nitrogen and oxygen atoms in total. The second-order valence-electron chi connectivity index (χ2n) is 11.0. The van der Waals surface area contributed by atoms with E-state index in [-0.39, 0.29) is 29.9 Å². The van der Waals surface area contributed by atoms with Gasteiger partial charge in [-0.2, -0.15) is 13.2 Å². The molecule has 2 aromatic carbocycles. The van der Waals surface area contributed by atoms with Gasteiger partial charge in [0, 0.05) is 31.3 Å². The van der Waals surface area contributed by atoms with E-state index >= 15 is 0 Å². The van der Waals surface area contributed by atoms with Crippen LogP contribution in [0.4, 0.5) is 13.2 Å². The molecule has 1 aliphatic carbocycles. The summed E-state index contributed by atoms with van der Waals surface area (Å²) in [5, 5.41) is 5.42. The molecule has 0 radical (unpaired) electrons. The molecule has 5 rings (SSSR count). The predicted molar refractivity (Wildman–Crippen MR) is 142 cm³/mol. The quantitative estimate of drug-likeness (QED) is 0.502. The molecule has 2 aliphatic heterocycles. The van der Waals surface area contributed by atoms with E-state index in [1.54, 1.807) is 0 Å². The van der Waals surface area contributed by atoms with Crippen LogP contribution in [-0.2, 0) is 32.7 Å². The van der Waals surface area contributed by atoms with Crippen LogP contribution in [0, 0.1) is 0 Å². The minimum atomic E-state index is -4.55. The highest BCUT2D eigenvalue weighted by Crippen LogP contribution is 2.47. The third kappa shape index (κ3) is 6.19. The molecule has 2 atom stereocenters. The standard InChI is InChI=1S/C30H36F3N3O4/c1-2-14-39-26-18-36(23-10-12-29(13-11-23)24-9-4-3-6-21(24)19-40-29)17-25(26)35-27(37)16-34-28(38)20-7-5-8-22(15-20)30(31,32)33/h3-9,15,23,25-26H,2,10-14,16-19H2,1H3,(H,34,38)(H,35,37). The highest BCUT2D eigenvalue weighted by Gasteiger charge is 2.46. The normalized spacial score (nSPS) is 26.6. The Morgan fingerprint density at radius 2 is 1.88 bits per heavy atom. The molecule has 40 heavy (non-hydrogen) atoms. The van der Waals surface area contributed by atoms with Crippen molar-refractivity contribution in [3.8, 4) is 0 Å². The number of nitrogens with one attached hydrogen (secondary N) is 2. The van der Waals surface area contributed by atoms with E-state index in [4.69, 9.17) is 9.47 Å². The number of fused-ring (bicyclic) bond motifs is 2. The van der Waals surface area contributed by atoms with E-state index < -0.39 is 23.6 Å². The van der Waals surface area contributed by atoms with Crippen molar-refractivity contribution in [2.24, 2.45) is 0 Å². The third-order valence-corrected chi connectivity index (χ3v) is 8.33. The second kappa shape index (κ2) is 11.9. The average Bonchev–Trinajstić information content (AvgIpc) is 3.52. The zero-order valence-corrected chi connectivity index (χ0v) is 22.6. The number of nitrogens with zero attached hydrogens (tertiary/aromatic N) is 1. The molecule has 2 fully saturated rings. The van der Waals surface area contributed by atoms with Gasteiger partial charge in [0.2, 0.25) is 5.91 Å². The van der Waals surface area contributed by atoms with Gasteiger partial charge in [-0.15, -0.1) is 0 Å². The number of amides is 2. The van der Waals surface area contributed by atoms with Gasteiger partial charge >= 0.3 is 6.18 Å². The van der Waals surface area contributed by atoms with Gasteiger partial charge in [-0.1, -0.05) is 37.3 Å². The van der Waals surface area contributed by atoms with Crippen molar-refractivity contribution in [3.05, 3.63) is 70.8 Å². The highest BCUT2D eigenvalue weighted by atomic mass is 19.4. The second-order valence-corrected chi connectivity index (χ2v) is 11.0. The molecular weight excluding hydrogens is 523 g/mol. The minimum Gasteiger partial charge on any atom is -0.375 e. The van der Waals surface area contributed by atoms with Crippen LogP contribution in [-0.4, -0.2) is 61.1 Å². The maximum absolute atomic E-state index is 13.0. The Labute approximate surface area is 232 Å². The Balaban J connectivity index is 1.15. The van der Waals surface area contributed by atoms with Gasteiger partial charge in [0.1, 0.15) is 0 Å². The summed E-state index contributed by atoms with van der Waals surface area (Å²) >= 11 is 0. The number of hydrogen-bond acceptors (Lipinski definition) is 5. The Kier molecular flexibility index (Phi) is 8.49. The topological polar surface area (TPSA) is 79.9 Å². The lowest BCUT2D eigenvalue weighted by Gasteiger charge is -2.40. The van der Waals surface area contributed by atoms with Crippen LogP contribution in [0.2, 0.25) is 0 Å². The largest absolute Gasteiger partial charge is 0.416 e. The van der Waals surface area contributed by atoms with Crippen LogP contribution in [0.5, 0.6) is 0 Å². The van der Waals surface area contributed by atoms with Gasteiger partial charge < -0.3 is 20.1 Å². The number of carbonyl (C=O) groups is 2. The molecule has 1 saturated heterocycles. The van der Waals surface area contributed by atoms with Gasteiger partial charge in [0.25, 0.3) is 5.91 Å². The maximum atomic E-state index is 13.0. The summed E-state index contributed by atoms with van der Waals surface area (Å²) < 4.78 is 51.4. The summed E-state index contributed by atoms with van der Waals surface area (Å²) in [5.41, 5.74) is 1.33. The highest BCUT2D eigenvalue weighted by molar-refractivity contribution is 5.96. The molecule has 216 valence electrons. The fourth-order valence-electron chi connectivity index (χ4n) is 6.27. The molecule has 3 aliphatic rings. The zero-order valence-electron chi connectivity index (χ0n) is 22.6. The number of halogens is 3. The van der Waals surface area contributed by atoms with Crippen LogP contribution in [0.3, 0.4) is 0 Å². The monoisotopic (exact) mass is 559 g/mol. The fourth-order valence-corrected chi connectivity index (χ4v) is 6.27. The zero-order chi connectivity index (χ0) is 28.3. The van der Waals surface area contributed by atoms with Crippen LogP contribution in [0.1, 0.15) is 66.1 Å². The van der Waals surface area contributed by atoms with Crippen LogP contribution in [0.15, 0.2) is 48.5 Å². The summed E-state index contributed by atoms with van der Waals surface area (Å²) in [7, 11) is 0. The molecule has 2 heterocycles. The summed E-state index contributed by atoms with van der Waals surface area (Å²) in [4.78, 5) is 27.6. The first-order valence-corrected chi connectivity index (χ1v) is 14.0. The molecule has 2 amide bonds. The number of likely N-dealkylation sites (tertiary alicyclic amines) is 1. The van der Waals surface area contributed by atoms with E-state index in [0.717, 1.165) is 44.2 Å². The van der Waals surface area contributed by atoms with E-state index in [1.165, 1.54) is 23.3 Å². The number of alkyl halides is 3. The molecule has 2 aromatic rings. The van der Waals surface area contributed by atoms with Gasteiger partial charge in [-0.25, -0.2) is 0 Å². The SMILES string of the molecule is CCCOC1CN(C2CCC3(CC2)OCc2ccccc23)CC1NC(=O)CNC(=O)c1cccc(C(F)(F)F)c1.